The number of nitrogens with zero attached hydrogens (tertiary/aromatic N) is 4. The molecule has 1 aromatic rings. The molecule has 1 aromatic heterocycles. The maximum atomic E-state index is 5.90. The molecule has 5 heteroatoms. The van der Waals surface area contributed by atoms with E-state index in [2.05, 4.69) is 40.8 Å². The summed E-state index contributed by atoms with van der Waals surface area (Å²) < 4.78 is 5.90. The molecular formula is C20H36N4O. The van der Waals surface area contributed by atoms with Crippen molar-refractivity contribution in [2.45, 2.75) is 71.8 Å². The Kier molecular flexibility index (Phi) is 6.88. The van der Waals surface area contributed by atoms with Gasteiger partial charge in [-0.15, -0.1) is 10.2 Å². The van der Waals surface area contributed by atoms with Crippen LogP contribution < -0.4 is 0 Å². The number of likely N-dealkylation sites (tertiary alicyclic amines) is 2. The lowest BCUT2D eigenvalue weighted by atomic mass is 9.95. The van der Waals surface area contributed by atoms with Crippen molar-refractivity contribution in [3.05, 3.63) is 11.8 Å². The van der Waals surface area contributed by atoms with Crippen molar-refractivity contribution < 1.29 is 4.42 Å². The lowest BCUT2D eigenvalue weighted by Gasteiger charge is -2.36. The second-order valence-corrected chi connectivity index (χ2v) is 8.50. The predicted molar refractivity (Wildman–Crippen MR) is 100 cm³/mol. The molecule has 1 atom stereocenters. The zero-order valence-electron chi connectivity index (χ0n) is 16.4. The monoisotopic (exact) mass is 348 g/mol. The Labute approximate surface area is 153 Å². The van der Waals surface area contributed by atoms with Gasteiger partial charge >= 0.3 is 0 Å². The summed E-state index contributed by atoms with van der Waals surface area (Å²) in [6.07, 6.45) is 9.11. The fourth-order valence-corrected chi connectivity index (χ4v) is 4.23. The van der Waals surface area contributed by atoms with Crippen LogP contribution in [-0.2, 0) is 6.42 Å². The average Bonchev–Trinajstić information content (AvgIpc) is 2.90. The molecule has 0 spiro atoms. The van der Waals surface area contributed by atoms with Crippen molar-refractivity contribution in [1.82, 2.24) is 20.0 Å². The molecule has 0 aromatic carbocycles. The van der Waals surface area contributed by atoms with Gasteiger partial charge in [-0.1, -0.05) is 26.7 Å². The van der Waals surface area contributed by atoms with Crippen molar-refractivity contribution in [1.29, 1.82) is 0 Å². The van der Waals surface area contributed by atoms with Crippen molar-refractivity contribution in [3.8, 4) is 0 Å². The van der Waals surface area contributed by atoms with Crippen molar-refractivity contribution >= 4 is 0 Å². The van der Waals surface area contributed by atoms with E-state index in [9.17, 15) is 0 Å². The van der Waals surface area contributed by atoms with Crippen LogP contribution in [0.4, 0.5) is 0 Å². The highest BCUT2D eigenvalue weighted by Gasteiger charge is 2.27. The highest BCUT2D eigenvalue weighted by molar-refractivity contribution is 4.91. The summed E-state index contributed by atoms with van der Waals surface area (Å²) in [6.45, 7) is 12.8. The highest BCUT2D eigenvalue weighted by atomic mass is 16.4. The standard InChI is InChI=1S/C20H36N4O/c1-16(2)14-19-21-22-20(25-19)17(3)24-12-8-18(9-13-24)15-23-10-6-4-5-7-11-23/h16-18H,4-15H2,1-3H3. The topological polar surface area (TPSA) is 45.4 Å². The Bertz CT molecular complexity index is 500. The van der Waals surface area contributed by atoms with Gasteiger partial charge in [0.15, 0.2) is 0 Å². The van der Waals surface area contributed by atoms with Crippen LogP contribution in [0.15, 0.2) is 4.42 Å². The Hall–Kier alpha value is -0.940. The van der Waals surface area contributed by atoms with Gasteiger partial charge in [0.05, 0.1) is 6.04 Å². The minimum Gasteiger partial charge on any atom is -0.424 e. The van der Waals surface area contributed by atoms with Gasteiger partial charge in [-0.3, -0.25) is 4.90 Å². The second-order valence-electron chi connectivity index (χ2n) is 8.50. The lowest BCUT2D eigenvalue weighted by Crippen LogP contribution is -2.40. The minimum absolute atomic E-state index is 0.243. The van der Waals surface area contributed by atoms with E-state index >= 15 is 0 Å². The Morgan fingerprint density at radius 3 is 2.28 bits per heavy atom. The van der Waals surface area contributed by atoms with E-state index in [-0.39, 0.29) is 6.04 Å². The third-order valence-electron chi connectivity index (χ3n) is 5.83. The van der Waals surface area contributed by atoms with E-state index in [4.69, 9.17) is 4.42 Å². The maximum absolute atomic E-state index is 5.90. The molecule has 3 rings (SSSR count). The molecule has 0 aliphatic carbocycles. The van der Waals surface area contributed by atoms with Crippen molar-refractivity contribution in [3.63, 3.8) is 0 Å². The van der Waals surface area contributed by atoms with Crippen molar-refractivity contribution in [2.24, 2.45) is 11.8 Å². The Morgan fingerprint density at radius 2 is 1.64 bits per heavy atom. The zero-order valence-corrected chi connectivity index (χ0v) is 16.4. The Morgan fingerprint density at radius 1 is 0.960 bits per heavy atom. The molecule has 1 unspecified atom stereocenters. The molecule has 3 heterocycles. The van der Waals surface area contributed by atoms with Gasteiger partial charge in [-0.25, -0.2) is 0 Å². The van der Waals surface area contributed by atoms with E-state index in [0.29, 0.717) is 5.92 Å². The summed E-state index contributed by atoms with van der Waals surface area (Å²) in [7, 11) is 0. The molecule has 2 aliphatic heterocycles. The van der Waals surface area contributed by atoms with E-state index in [1.165, 1.54) is 58.2 Å². The molecule has 5 nitrogen and oxygen atoms in total. The molecule has 142 valence electrons. The zero-order chi connectivity index (χ0) is 17.6. The van der Waals surface area contributed by atoms with Crippen LogP contribution in [0.5, 0.6) is 0 Å². The lowest BCUT2D eigenvalue weighted by molar-refractivity contribution is 0.104. The van der Waals surface area contributed by atoms with Crippen LogP contribution in [0.2, 0.25) is 0 Å². The smallest absolute Gasteiger partial charge is 0.233 e. The van der Waals surface area contributed by atoms with Gasteiger partial charge in [0.2, 0.25) is 11.8 Å². The first kappa shape index (κ1) is 18.8. The Balaban J connectivity index is 1.45. The number of piperidine rings is 1. The summed E-state index contributed by atoms with van der Waals surface area (Å²) in [4.78, 5) is 5.23. The van der Waals surface area contributed by atoms with Crippen LogP contribution in [0.3, 0.4) is 0 Å². The van der Waals surface area contributed by atoms with Gasteiger partial charge < -0.3 is 9.32 Å². The molecular weight excluding hydrogens is 312 g/mol. The van der Waals surface area contributed by atoms with Crippen LogP contribution >= 0.6 is 0 Å². The van der Waals surface area contributed by atoms with E-state index in [1.807, 2.05) is 0 Å². The largest absolute Gasteiger partial charge is 0.424 e. The first-order chi connectivity index (χ1) is 12.1. The fourth-order valence-electron chi connectivity index (χ4n) is 4.23. The minimum atomic E-state index is 0.243. The quantitative estimate of drug-likeness (QED) is 0.780. The normalized spacial score (nSPS) is 23.0. The molecule has 2 saturated heterocycles. The third-order valence-corrected chi connectivity index (χ3v) is 5.83. The molecule has 0 bridgehead atoms. The second kappa shape index (κ2) is 9.13. The van der Waals surface area contributed by atoms with Crippen LogP contribution in [0, 0.1) is 11.8 Å². The summed E-state index contributed by atoms with van der Waals surface area (Å²) in [6, 6.07) is 0.243. The number of hydrogen-bond acceptors (Lipinski definition) is 5. The van der Waals surface area contributed by atoms with E-state index in [0.717, 1.165) is 37.2 Å². The summed E-state index contributed by atoms with van der Waals surface area (Å²) in [5, 5.41) is 8.52. The van der Waals surface area contributed by atoms with Crippen LogP contribution in [0.1, 0.15) is 77.1 Å². The predicted octanol–water partition coefficient (Wildman–Crippen LogP) is 3.92. The summed E-state index contributed by atoms with van der Waals surface area (Å²) >= 11 is 0. The SMILES string of the molecule is CC(C)Cc1nnc(C(C)N2CCC(CN3CCCCCC3)CC2)o1. The maximum Gasteiger partial charge on any atom is 0.233 e. The van der Waals surface area contributed by atoms with Crippen LogP contribution in [0.25, 0.3) is 0 Å². The third kappa shape index (κ3) is 5.52. The highest BCUT2D eigenvalue weighted by Crippen LogP contribution is 2.27. The molecule has 0 N–H and O–H groups in total. The first-order valence-electron chi connectivity index (χ1n) is 10.4. The van der Waals surface area contributed by atoms with Gasteiger partial charge in [0.25, 0.3) is 0 Å². The molecule has 0 amide bonds. The summed E-state index contributed by atoms with van der Waals surface area (Å²) in [5.41, 5.74) is 0. The van der Waals surface area contributed by atoms with Gasteiger partial charge in [-0.2, -0.15) is 0 Å². The molecule has 2 aliphatic rings. The number of hydrogen-bond donors (Lipinski definition) is 0. The van der Waals surface area contributed by atoms with E-state index < -0.39 is 0 Å². The van der Waals surface area contributed by atoms with Crippen molar-refractivity contribution in [2.75, 3.05) is 32.7 Å². The van der Waals surface area contributed by atoms with E-state index in [1.54, 1.807) is 0 Å². The summed E-state index contributed by atoms with van der Waals surface area (Å²) in [5.74, 6) is 2.99. The molecule has 2 fully saturated rings. The van der Waals surface area contributed by atoms with Crippen LogP contribution in [-0.4, -0.2) is 52.7 Å². The fraction of sp³-hybridized carbons (Fsp3) is 0.900. The average molecular weight is 349 g/mol. The van der Waals surface area contributed by atoms with Gasteiger partial charge in [0.1, 0.15) is 0 Å². The van der Waals surface area contributed by atoms with Gasteiger partial charge in [-0.05, 0) is 70.6 Å². The number of rotatable bonds is 6. The van der Waals surface area contributed by atoms with Gasteiger partial charge in [0, 0.05) is 13.0 Å². The molecule has 0 saturated carbocycles. The number of aromatic nitrogens is 2. The first-order valence-corrected chi connectivity index (χ1v) is 10.4. The molecule has 0 radical (unpaired) electrons. The molecule has 25 heavy (non-hydrogen) atoms.